The zero-order valence-corrected chi connectivity index (χ0v) is 28.9. The number of ketones is 2. The molecule has 0 radical (unpaired) electrons. The second-order valence-corrected chi connectivity index (χ2v) is 12.9. The largest absolute Gasteiger partial charge is 0.508 e. The molecule has 2 amide bonds. The van der Waals surface area contributed by atoms with Crippen molar-refractivity contribution < 1.29 is 24.3 Å². The Hall–Kier alpha value is -3.51. The lowest BCUT2D eigenvalue weighted by molar-refractivity contribution is -0.134. The number of phenolic OH excluding ortho intramolecular Hbond substituents is 1. The molecule has 0 fully saturated rings. The topological polar surface area (TPSA) is 243 Å². The van der Waals surface area contributed by atoms with Gasteiger partial charge in [0, 0.05) is 31.2 Å². The molecule has 47 heavy (non-hydrogen) atoms. The Labute approximate surface area is 281 Å². The Morgan fingerprint density at radius 3 is 2.00 bits per heavy atom. The number of hydrogen-bond acceptors (Lipinski definition) is 8. The third-order valence-corrected chi connectivity index (χ3v) is 8.74. The van der Waals surface area contributed by atoms with Crippen molar-refractivity contribution in [3.63, 3.8) is 0 Å². The summed E-state index contributed by atoms with van der Waals surface area (Å²) in [6.07, 6.45) is 9.30. The lowest BCUT2D eigenvalue weighted by atomic mass is 9.86. The number of carbonyl (C=O) groups is 4. The number of carbonyl (C=O) groups excluding carboxylic acids is 4. The van der Waals surface area contributed by atoms with Gasteiger partial charge in [-0.15, -0.1) is 0 Å². The SMILES string of the molecule is CCCCCCCC[C@H](CC(=O)[C@H](CCCCN)NC(=O)[C@@H](CC(=O)[C@H](N)CCCN=C(N)N)Cc1c(C)cc(O)cc1C)C(N)=O. The van der Waals surface area contributed by atoms with Crippen LogP contribution in [0, 0.1) is 25.7 Å². The van der Waals surface area contributed by atoms with Gasteiger partial charge in [0.25, 0.3) is 0 Å². The molecule has 0 saturated carbocycles. The van der Waals surface area contributed by atoms with Gasteiger partial charge in [0.1, 0.15) is 11.5 Å². The monoisotopic (exact) mass is 659 g/mol. The normalized spacial score (nSPS) is 13.7. The number of phenols is 1. The molecular formula is C35H61N7O5. The summed E-state index contributed by atoms with van der Waals surface area (Å²) in [7, 11) is 0. The average Bonchev–Trinajstić information content (AvgIpc) is 3.00. The fourth-order valence-electron chi connectivity index (χ4n) is 5.87. The molecule has 1 aromatic rings. The van der Waals surface area contributed by atoms with Gasteiger partial charge in [0.2, 0.25) is 11.8 Å². The van der Waals surface area contributed by atoms with Crippen molar-refractivity contribution in [3.8, 4) is 5.75 Å². The van der Waals surface area contributed by atoms with Crippen LogP contribution in [0.1, 0.15) is 114 Å². The Balaban J connectivity index is 3.17. The molecule has 0 spiro atoms. The first-order valence-corrected chi connectivity index (χ1v) is 17.3. The smallest absolute Gasteiger partial charge is 0.224 e. The number of unbranched alkanes of at least 4 members (excludes halogenated alkanes) is 6. The number of aryl methyl sites for hydroxylation is 2. The van der Waals surface area contributed by atoms with Crippen LogP contribution in [0.2, 0.25) is 0 Å². The molecule has 0 bridgehead atoms. The van der Waals surface area contributed by atoms with Crippen molar-refractivity contribution in [2.45, 2.75) is 129 Å². The number of Topliss-reactive ketones (excluding diaryl/α,β-unsaturated/α-hetero) is 2. The van der Waals surface area contributed by atoms with Crippen molar-refractivity contribution in [2.24, 2.45) is 45.5 Å². The highest BCUT2D eigenvalue weighted by molar-refractivity contribution is 5.94. The van der Waals surface area contributed by atoms with Gasteiger partial charge in [0.15, 0.2) is 11.7 Å². The minimum atomic E-state index is -0.853. The minimum absolute atomic E-state index is 0.0404. The van der Waals surface area contributed by atoms with Gasteiger partial charge in [-0.05, 0) is 94.2 Å². The lowest BCUT2D eigenvalue weighted by Gasteiger charge is -2.25. The van der Waals surface area contributed by atoms with E-state index in [0.717, 1.165) is 48.8 Å². The van der Waals surface area contributed by atoms with Gasteiger partial charge in [-0.3, -0.25) is 24.2 Å². The number of aromatic hydroxyl groups is 1. The maximum Gasteiger partial charge on any atom is 0.224 e. The molecule has 0 aliphatic rings. The Morgan fingerprint density at radius 2 is 1.40 bits per heavy atom. The summed E-state index contributed by atoms with van der Waals surface area (Å²) in [5.74, 6) is -2.88. The number of nitrogens with one attached hydrogen (secondary N) is 1. The Kier molecular flexibility index (Phi) is 20.2. The van der Waals surface area contributed by atoms with Crippen LogP contribution >= 0.6 is 0 Å². The highest BCUT2D eigenvalue weighted by Gasteiger charge is 2.31. The second kappa shape index (κ2) is 22.9. The average molecular weight is 660 g/mol. The number of nitrogens with two attached hydrogens (primary N) is 5. The van der Waals surface area contributed by atoms with Crippen molar-refractivity contribution in [1.29, 1.82) is 0 Å². The van der Waals surface area contributed by atoms with Gasteiger partial charge in [-0.1, -0.05) is 45.4 Å². The third-order valence-electron chi connectivity index (χ3n) is 8.74. The van der Waals surface area contributed by atoms with E-state index in [1.54, 1.807) is 12.1 Å². The molecule has 0 aliphatic carbocycles. The zero-order valence-electron chi connectivity index (χ0n) is 28.9. The van der Waals surface area contributed by atoms with Gasteiger partial charge >= 0.3 is 0 Å². The number of aliphatic imine (C=N–C) groups is 1. The van der Waals surface area contributed by atoms with Crippen LogP contribution in [0.4, 0.5) is 0 Å². The van der Waals surface area contributed by atoms with E-state index in [1.165, 1.54) is 6.42 Å². The van der Waals surface area contributed by atoms with Crippen LogP contribution in [0.25, 0.3) is 0 Å². The van der Waals surface area contributed by atoms with Crippen LogP contribution in [-0.4, -0.2) is 59.6 Å². The number of benzene rings is 1. The summed E-state index contributed by atoms with van der Waals surface area (Å²) in [4.78, 5) is 57.0. The van der Waals surface area contributed by atoms with Gasteiger partial charge in [-0.25, -0.2) is 0 Å². The van der Waals surface area contributed by atoms with Crippen LogP contribution in [0.15, 0.2) is 17.1 Å². The first-order chi connectivity index (χ1) is 22.3. The standard InChI is InChI=1S/C35H61N7O5/c1-4-5-6-7-8-9-13-25(33(38)46)21-32(45)30(15-10-11-16-36)42-34(47)26(20-28-23(2)18-27(43)19-24(28)3)22-31(44)29(37)14-12-17-41-35(39)40/h18-19,25-26,29-30,43H,4-17,20-22,36-37H2,1-3H3,(H2,38,46)(H,42,47)(H4,39,40,41)/t25-,26-,29-,30+/m1/s1. The fraction of sp³-hybridized carbons (Fsp3) is 0.686. The molecule has 0 aliphatic heterocycles. The number of guanidine groups is 1. The van der Waals surface area contributed by atoms with Crippen LogP contribution in [0.3, 0.4) is 0 Å². The molecule has 0 unspecified atom stereocenters. The molecule has 266 valence electrons. The molecule has 0 heterocycles. The number of hydrogen-bond donors (Lipinski definition) is 7. The number of primary amides is 1. The van der Waals surface area contributed by atoms with Crippen molar-refractivity contribution in [2.75, 3.05) is 13.1 Å². The maximum absolute atomic E-state index is 13.9. The number of amides is 2. The van der Waals surface area contributed by atoms with E-state index in [0.29, 0.717) is 51.6 Å². The van der Waals surface area contributed by atoms with E-state index in [-0.39, 0.29) is 42.5 Å². The van der Waals surface area contributed by atoms with Crippen LogP contribution in [-0.2, 0) is 25.6 Å². The Bertz CT molecular complexity index is 1150. The molecule has 1 aromatic carbocycles. The summed E-state index contributed by atoms with van der Waals surface area (Å²) in [5.41, 5.74) is 30.8. The molecule has 12 N–H and O–H groups in total. The molecule has 12 nitrogen and oxygen atoms in total. The molecule has 12 heteroatoms. The molecule has 4 atom stereocenters. The van der Waals surface area contributed by atoms with Crippen LogP contribution in [0.5, 0.6) is 5.75 Å². The predicted octanol–water partition coefficient (Wildman–Crippen LogP) is 2.93. The highest BCUT2D eigenvalue weighted by Crippen LogP contribution is 2.26. The van der Waals surface area contributed by atoms with Crippen molar-refractivity contribution in [1.82, 2.24) is 5.32 Å². The van der Waals surface area contributed by atoms with E-state index in [4.69, 9.17) is 28.7 Å². The van der Waals surface area contributed by atoms with Crippen molar-refractivity contribution in [3.05, 3.63) is 28.8 Å². The second-order valence-electron chi connectivity index (χ2n) is 12.9. The van der Waals surface area contributed by atoms with Crippen molar-refractivity contribution >= 4 is 29.3 Å². The quantitative estimate of drug-likeness (QED) is 0.0438. The predicted molar refractivity (Wildman–Crippen MR) is 187 cm³/mol. The first kappa shape index (κ1) is 41.5. The van der Waals surface area contributed by atoms with E-state index in [2.05, 4.69) is 17.2 Å². The summed E-state index contributed by atoms with van der Waals surface area (Å²) >= 11 is 0. The van der Waals surface area contributed by atoms with Crippen LogP contribution < -0.4 is 34.0 Å². The molecular weight excluding hydrogens is 598 g/mol. The van der Waals surface area contributed by atoms with E-state index in [9.17, 15) is 24.3 Å². The number of rotatable bonds is 26. The molecule has 0 aromatic heterocycles. The maximum atomic E-state index is 13.9. The molecule has 1 rings (SSSR count). The number of nitrogens with zero attached hydrogens (tertiary/aromatic N) is 1. The van der Waals surface area contributed by atoms with E-state index >= 15 is 0 Å². The highest BCUT2D eigenvalue weighted by atomic mass is 16.3. The fourth-order valence-corrected chi connectivity index (χ4v) is 5.87. The first-order valence-electron chi connectivity index (χ1n) is 17.3. The Morgan fingerprint density at radius 1 is 0.809 bits per heavy atom. The van der Waals surface area contributed by atoms with Gasteiger partial charge in [-0.2, -0.15) is 0 Å². The summed E-state index contributed by atoms with van der Waals surface area (Å²) < 4.78 is 0. The summed E-state index contributed by atoms with van der Waals surface area (Å²) in [6, 6.07) is 1.55. The minimum Gasteiger partial charge on any atom is -0.508 e. The van der Waals surface area contributed by atoms with E-state index in [1.807, 2.05) is 13.8 Å². The molecule has 0 saturated heterocycles. The zero-order chi connectivity index (χ0) is 35.4. The van der Waals surface area contributed by atoms with Gasteiger partial charge in [0.05, 0.1) is 12.1 Å². The lowest BCUT2D eigenvalue weighted by Crippen LogP contribution is -2.46. The van der Waals surface area contributed by atoms with E-state index < -0.39 is 35.7 Å². The third kappa shape index (κ3) is 16.7. The summed E-state index contributed by atoms with van der Waals surface area (Å²) in [6.45, 7) is 6.59. The van der Waals surface area contributed by atoms with Gasteiger partial charge < -0.3 is 39.1 Å². The summed E-state index contributed by atoms with van der Waals surface area (Å²) in [5, 5.41) is 13.0.